The molecule has 1 amide bonds. The summed E-state index contributed by atoms with van der Waals surface area (Å²) in [6.07, 6.45) is 6.35. The first-order valence-corrected chi connectivity index (χ1v) is 8.83. The topological polar surface area (TPSA) is 65.5 Å². The van der Waals surface area contributed by atoms with Crippen LogP contribution < -0.4 is 4.90 Å². The van der Waals surface area contributed by atoms with Gasteiger partial charge in [0, 0.05) is 65.8 Å². The fourth-order valence-electron chi connectivity index (χ4n) is 3.27. The molecular formula is C19H26N6O. The third-order valence-electron chi connectivity index (χ3n) is 4.63. The van der Waals surface area contributed by atoms with E-state index in [9.17, 15) is 4.79 Å². The molecule has 0 N–H and O–H groups in total. The molecule has 1 saturated heterocycles. The Balaban J connectivity index is 1.83. The van der Waals surface area contributed by atoms with Gasteiger partial charge >= 0.3 is 0 Å². The number of likely N-dealkylation sites (tertiary alicyclic amines) is 1. The summed E-state index contributed by atoms with van der Waals surface area (Å²) in [7, 11) is 7.34. The number of pyridine rings is 1. The highest BCUT2D eigenvalue weighted by molar-refractivity contribution is 5.95. The lowest BCUT2D eigenvalue weighted by Crippen LogP contribution is -2.26. The number of aromatic nitrogens is 3. The minimum atomic E-state index is -0.0454. The summed E-state index contributed by atoms with van der Waals surface area (Å²) in [5.74, 6) is 0.823. The second-order valence-electron chi connectivity index (χ2n) is 7.14. The minimum absolute atomic E-state index is 0.0454. The summed E-state index contributed by atoms with van der Waals surface area (Å²) < 4.78 is 0. The van der Waals surface area contributed by atoms with Crippen LogP contribution in [0.3, 0.4) is 0 Å². The van der Waals surface area contributed by atoms with Gasteiger partial charge in [0.2, 0.25) is 5.95 Å². The van der Waals surface area contributed by atoms with E-state index < -0.39 is 0 Å². The number of carbonyl (C=O) groups excluding carboxylic acids is 1. The SMILES string of the molecule is CN(C)C(=O)c1cnc(N(C)C)nc1C1CCN(Cc2cccnc2)C1. The average molecular weight is 354 g/mol. The number of nitrogens with zero attached hydrogens (tertiary/aromatic N) is 6. The van der Waals surface area contributed by atoms with E-state index in [0.717, 1.165) is 31.7 Å². The van der Waals surface area contributed by atoms with E-state index in [2.05, 4.69) is 20.9 Å². The van der Waals surface area contributed by atoms with Crippen LogP contribution >= 0.6 is 0 Å². The quantitative estimate of drug-likeness (QED) is 0.813. The summed E-state index contributed by atoms with van der Waals surface area (Å²) in [5, 5.41) is 0. The number of hydrogen-bond donors (Lipinski definition) is 0. The van der Waals surface area contributed by atoms with Crippen molar-refractivity contribution in [1.82, 2.24) is 24.8 Å². The molecule has 2 aromatic heterocycles. The fraction of sp³-hybridized carbons (Fsp3) is 0.474. The van der Waals surface area contributed by atoms with Gasteiger partial charge in [-0.15, -0.1) is 0 Å². The maximum Gasteiger partial charge on any atom is 0.256 e. The number of rotatable bonds is 5. The lowest BCUT2D eigenvalue weighted by atomic mass is 9.99. The van der Waals surface area contributed by atoms with Crippen molar-refractivity contribution >= 4 is 11.9 Å². The van der Waals surface area contributed by atoms with Gasteiger partial charge in [-0.2, -0.15) is 0 Å². The molecule has 7 heteroatoms. The van der Waals surface area contributed by atoms with E-state index in [1.54, 1.807) is 31.4 Å². The first kappa shape index (κ1) is 18.3. The Hall–Kier alpha value is -2.54. The van der Waals surface area contributed by atoms with Crippen molar-refractivity contribution in [3.63, 3.8) is 0 Å². The Morgan fingerprint density at radius 2 is 2.08 bits per heavy atom. The van der Waals surface area contributed by atoms with Gasteiger partial charge in [-0.05, 0) is 24.6 Å². The van der Waals surface area contributed by atoms with Crippen molar-refractivity contribution in [2.75, 3.05) is 46.2 Å². The van der Waals surface area contributed by atoms with Gasteiger partial charge in [-0.3, -0.25) is 14.7 Å². The Bertz CT molecular complexity index is 762. The lowest BCUT2D eigenvalue weighted by molar-refractivity contribution is 0.0825. The predicted molar refractivity (Wildman–Crippen MR) is 101 cm³/mol. The molecule has 0 saturated carbocycles. The summed E-state index contributed by atoms with van der Waals surface area (Å²) >= 11 is 0. The van der Waals surface area contributed by atoms with Crippen molar-refractivity contribution < 1.29 is 4.79 Å². The van der Waals surface area contributed by atoms with Crippen LogP contribution in [0.1, 0.15) is 34.0 Å². The minimum Gasteiger partial charge on any atom is -0.347 e. The average Bonchev–Trinajstić information content (AvgIpc) is 3.09. The highest BCUT2D eigenvalue weighted by Gasteiger charge is 2.30. The van der Waals surface area contributed by atoms with Gasteiger partial charge in [0.25, 0.3) is 5.91 Å². The van der Waals surface area contributed by atoms with Crippen LogP contribution in [0.4, 0.5) is 5.95 Å². The second-order valence-corrected chi connectivity index (χ2v) is 7.14. The molecule has 1 aliphatic rings. The predicted octanol–water partition coefficient (Wildman–Crippen LogP) is 1.63. The number of carbonyl (C=O) groups is 1. The van der Waals surface area contributed by atoms with Crippen LogP contribution in [-0.4, -0.2) is 71.9 Å². The standard InChI is InChI=1S/C19H26N6O/c1-23(2)18(26)16-11-21-19(24(3)4)22-17(16)15-7-9-25(13-15)12-14-6-5-8-20-10-14/h5-6,8,10-11,15H,7,9,12-13H2,1-4H3. The van der Waals surface area contributed by atoms with E-state index in [-0.39, 0.29) is 11.8 Å². The van der Waals surface area contributed by atoms with Crippen molar-refractivity contribution in [1.29, 1.82) is 0 Å². The molecule has 3 heterocycles. The molecule has 1 aliphatic heterocycles. The monoisotopic (exact) mass is 354 g/mol. The Morgan fingerprint density at radius 1 is 1.27 bits per heavy atom. The molecule has 1 atom stereocenters. The van der Waals surface area contributed by atoms with Crippen molar-refractivity contribution in [3.8, 4) is 0 Å². The molecule has 7 nitrogen and oxygen atoms in total. The van der Waals surface area contributed by atoms with Gasteiger partial charge in [0.1, 0.15) is 0 Å². The Labute approximate surface area is 154 Å². The fourth-order valence-corrected chi connectivity index (χ4v) is 3.27. The van der Waals surface area contributed by atoms with Crippen molar-refractivity contribution in [2.24, 2.45) is 0 Å². The normalized spacial score (nSPS) is 17.3. The van der Waals surface area contributed by atoms with E-state index in [1.165, 1.54) is 5.56 Å². The molecule has 0 radical (unpaired) electrons. The summed E-state index contributed by atoms with van der Waals surface area (Å²) in [5.41, 5.74) is 2.67. The molecule has 0 aliphatic carbocycles. The van der Waals surface area contributed by atoms with E-state index in [0.29, 0.717) is 11.5 Å². The van der Waals surface area contributed by atoms with Gasteiger partial charge < -0.3 is 9.80 Å². The van der Waals surface area contributed by atoms with Crippen LogP contribution in [0.15, 0.2) is 30.7 Å². The first-order chi connectivity index (χ1) is 12.5. The highest BCUT2D eigenvalue weighted by Crippen LogP contribution is 2.30. The van der Waals surface area contributed by atoms with Gasteiger partial charge in [0.05, 0.1) is 11.3 Å². The van der Waals surface area contributed by atoms with E-state index >= 15 is 0 Å². The second kappa shape index (κ2) is 7.78. The Morgan fingerprint density at radius 3 is 2.73 bits per heavy atom. The molecule has 1 unspecified atom stereocenters. The number of amides is 1. The molecule has 26 heavy (non-hydrogen) atoms. The van der Waals surface area contributed by atoms with Crippen LogP contribution in [0.5, 0.6) is 0 Å². The number of hydrogen-bond acceptors (Lipinski definition) is 6. The molecule has 3 rings (SSSR count). The third-order valence-corrected chi connectivity index (χ3v) is 4.63. The Kier molecular flexibility index (Phi) is 5.46. The molecule has 2 aromatic rings. The summed E-state index contributed by atoms with van der Waals surface area (Å²) in [6, 6.07) is 4.06. The van der Waals surface area contributed by atoms with E-state index in [1.807, 2.05) is 31.3 Å². The van der Waals surface area contributed by atoms with Crippen LogP contribution in [-0.2, 0) is 6.54 Å². The number of anilines is 1. The zero-order valence-corrected chi connectivity index (χ0v) is 15.9. The molecule has 138 valence electrons. The van der Waals surface area contributed by atoms with Crippen LogP contribution in [0.25, 0.3) is 0 Å². The van der Waals surface area contributed by atoms with Crippen molar-refractivity contribution in [2.45, 2.75) is 18.9 Å². The summed E-state index contributed by atoms with van der Waals surface area (Å²) in [4.78, 5) is 31.7. The van der Waals surface area contributed by atoms with E-state index in [4.69, 9.17) is 4.98 Å². The maximum absolute atomic E-state index is 12.6. The third kappa shape index (κ3) is 3.99. The van der Waals surface area contributed by atoms with Gasteiger partial charge in [-0.1, -0.05) is 6.07 Å². The molecular weight excluding hydrogens is 328 g/mol. The molecule has 0 spiro atoms. The molecule has 0 bridgehead atoms. The maximum atomic E-state index is 12.6. The first-order valence-electron chi connectivity index (χ1n) is 8.83. The summed E-state index contributed by atoms with van der Waals surface area (Å²) in [6.45, 7) is 2.73. The van der Waals surface area contributed by atoms with Gasteiger partial charge in [-0.25, -0.2) is 9.97 Å². The van der Waals surface area contributed by atoms with Crippen LogP contribution in [0, 0.1) is 0 Å². The van der Waals surface area contributed by atoms with Crippen LogP contribution in [0.2, 0.25) is 0 Å². The smallest absolute Gasteiger partial charge is 0.256 e. The molecule has 1 fully saturated rings. The van der Waals surface area contributed by atoms with Gasteiger partial charge in [0.15, 0.2) is 0 Å². The highest BCUT2D eigenvalue weighted by atomic mass is 16.2. The van der Waals surface area contributed by atoms with Crippen molar-refractivity contribution in [3.05, 3.63) is 47.5 Å². The zero-order valence-electron chi connectivity index (χ0n) is 15.9. The molecule has 0 aromatic carbocycles. The largest absolute Gasteiger partial charge is 0.347 e. The lowest BCUT2D eigenvalue weighted by Gasteiger charge is -2.20. The zero-order chi connectivity index (χ0) is 18.7.